The molecular weight excluding hydrogens is 198 g/mol. The Balaban J connectivity index is 1.74. The summed E-state index contributed by atoms with van der Waals surface area (Å²) in [5.41, 5.74) is 6.05. The molecular formula is C13H27N3. The van der Waals surface area contributed by atoms with Crippen molar-refractivity contribution in [2.45, 2.75) is 44.2 Å². The van der Waals surface area contributed by atoms with E-state index in [-0.39, 0.29) is 0 Å². The molecule has 3 nitrogen and oxygen atoms in total. The smallest absolute Gasteiger partial charge is 0.0229 e. The molecule has 1 aliphatic heterocycles. The maximum absolute atomic E-state index is 6.05. The van der Waals surface area contributed by atoms with Crippen molar-refractivity contribution in [3.05, 3.63) is 0 Å². The Kier molecular flexibility index (Phi) is 4.22. The first kappa shape index (κ1) is 12.3. The third-order valence-corrected chi connectivity index (χ3v) is 4.32. The number of hydrogen-bond acceptors (Lipinski definition) is 3. The summed E-state index contributed by atoms with van der Waals surface area (Å²) >= 11 is 0. The molecule has 2 aliphatic rings. The van der Waals surface area contributed by atoms with Crippen molar-refractivity contribution in [3.8, 4) is 0 Å². The summed E-state index contributed by atoms with van der Waals surface area (Å²) in [6, 6.07) is 1.25. The minimum Gasteiger partial charge on any atom is -0.328 e. The summed E-state index contributed by atoms with van der Waals surface area (Å²) in [5.74, 6) is 0.865. The van der Waals surface area contributed by atoms with Crippen LogP contribution in [0.15, 0.2) is 0 Å². The van der Waals surface area contributed by atoms with Gasteiger partial charge in [0.1, 0.15) is 0 Å². The van der Waals surface area contributed by atoms with Gasteiger partial charge in [-0.2, -0.15) is 0 Å². The van der Waals surface area contributed by atoms with E-state index in [1.807, 2.05) is 0 Å². The van der Waals surface area contributed by atoms with Gasteiger partial charge in [0.15, 0.2) is 0 Å². The Bertz CT molecular complexity index is 217. The normalized spacial score (nSPS) is 37.1. The molecule has 1 saturated heterocycles. The summed E-state index contributed by atoms with van der Waals surface area (Å²) in [6.07, 6.45) is 6.58. The summed E-state index contributed by atoms with van der Waals surface area (Å²) < 4.78 is 0. The van der Waals surface area contributed by atoms with E-state index in [9.17, 15) is 0 Å². The van der Waals surface area contributed by atoms with E-state index in [1.165, 1.54) is 51.7 Å². The van der Waals surface area contributed by atoms with Gasteiger partial charge in [-0.05, 0) is 52.2 Å². The molecule has 1 saturated carbocycles. The fraction of sp³-hybridized carbons (Fsp3) is 1.00. The molecule has 16 heavy (non-hydrogen) atoms. The van der Waals surface area contributed by atoms with Gasteiger partial charge >= 0.3 is 0 Å². The van der Waals surface area contributed by atoms with Crippen molar-refractivity contribution in [1.82, 2.24) is 9.80 Å². The summed E-state index contributed by atoms with van der Waals surface area (Å²) in [4.78, 5) is 5.01. The van der Waals surface area contributed by atoms with Crippen LogP contribution >= 0.6 is 0 Å². The van der Waals surface area contributed by atoms with Gasteiger partial charge in [-0.15, -0.1) is 0 Å². The lowest BCUT2D eigenvalue weighted by atomic mass is 9.86. The largest absolute Gasteiger partial charge is 0.328 e. The van der Waals surface area contributed by atoms with E-state index < -0.39 is 0 Å². The van der Waals surface area contributed by atoms with Gasteiger partial charge < -0.3 is 15.5 Å². The van der Waals surface area contributed by atoms with Gasteiger partial charge in [0.25, 0.3) is 0 Å². The number of nitrogens with zero attached hydrogens (tertiary/aromatic N) is 2. The summed E-state index contributed by atoms with van der Waals surface area (Å²) in [5, 5.41) is 0. The number of likely N-dealkylation sites (tertiary alicyclic amines) is 1. The maximum Gasteiger partial charge on any atom is 0.0229 e. The Morgan fingerprint density at radius 1 is 1.25 bits per heavy atom. The van der Waals surface area contributed by atoms with Gasteiger partial charge in [0.05, 0.1) is 0 Å². The Morgan fingerprint density at radius 2 is 2.06 bits per heavy atom. The summed E-state index contributed by atoms with van der Waals surface area (Å²) in [7, 11) is 4.40. The molecule has 0 amide bonds. The second-order valence-corrected chi connectivity index (χ2v) is 5.96. The second-order valence-electron chi connectivity index (χ2n) is 5.96. The fourth-order valence-corrected chi connectivity index (χ4v) is 3.26. The average molecular weight is 225 g/mol. The first-order chi connectivity index (χ1) is 7.65. The summed E-state index contributed by atoms with van der Waals surface area (Å²) in [6.45, 7) is 3.84. The molecule has 2 N–H and O–H groups in total. The first-order valence-corrected chi connectivity index (χ1v) is 6.79. The van der Waals surface area contributed by atoms with Gasteiger partial charge in [-0.25, -0.2) is 0 Å². The topological polar surface area (TPSA) is 32.5 Å². The maximum atomic E-state index is 6.05. The third kappa shape index (κ3) is 3.19. The van der Waals surface area contributed by atoms with Crippen molar-refractivity contribution in [2.24, 2.45) is 11.7 Å². The number of likely N-dealkylation sites (N-methyl/N-ethyl adjacent to an activating group) is 1. The van der Waals surface area contributed by atoms with E-state index in [0.29, 0.717) is 6.04 Å². The zero-order chi connectivity index (χ0) is 11.5. The van der Waals surface area contributed by atoms with Crippen LogP contribution in [0.1, 0.15) is 32.1 Å². The third-order valence-electron chi connectivity index (χ3n) is 4.32. The van der Waals surface area contributed by atoms with Crippen LogP contribution in [0.2, 0.25) is 0 Å². The highest BCUT2D eigenvalue weighted by molar-refractivity contribution is 4.84. The van der Waals surface area contributed by atoms with Crippen LogP contribution in [0.5, 0.6) is 0 Å². The molecule has 3 atom stereocenters. The predicted molar refractivity (Wildman–Crippen MR) is 68.5 cm³/mol. The Hall–Kier alpha value is -0.120. The van der Waals surface area contributed by atoms with Crippen LogP contribution in [0.3, 0.4) is 0 Å². The minimum atomic E-state index is 0.478. The average Bonchev–Trinajstić information content (AvgIpc) is 2.66. The second kappa shape index (κ2) is 5.48. The molecule has 2 rings (SSSR count). The Labute approximate surface area is 100.0 Å². The van der Waals surface area contributed by atoms with Crippen LogP contribution < -0.4 is 5.73 Å². The van der Waals surface area contributed by atoms with Crippen molar-refractivity contribution in [3.63, 3.8) is 0 Å². The lowest BCUT2D eigenvalue weighted by molar-refractivity contribution is 0.206. The highest BCUT2D eigenvalue weighted by Crippen LogP contribution is 2.25. The van der Waals surface area contributed by atoms with E-state index in [4.69, 9.17) is 5.73 Å². The zero-order valence-electron chi connectivity index (χ0n) is 10.9. The molecule has 3 unspecified atom stereocenters. The van der Waals surface area contributed by atoms with Crippen LogP contribution in [0.25, 0.3) is 0 Å². The van der Waals surface area contributed by atoms with Crippen molar-refractivity contribution >= 4 is 0 Å². The Morgan fingerprint density at radius 3 is 2.69 bits per heavy atom. The molecule has 2 fully saturated rings. The molecule has 0 aromatic carbocycles. The number of nitrogens with two attached hydrogens (primary N) is 1. The first-order valence-electron chi connectivity index (χ1n) is 6.79. The molecule has 0 radical (unpaired) electrons. The predicted octanol–water partition coefficient (Wildman–Crippen LogP) is 1.14. The highest BCUT2D eigenvalue weighted by atomic mass is 15.2. The van der Waals surface area contributed by atoms with Crippen molar-refractivity contribution < 1.29 is 0 Å². The van der Waals surface area contributed by atoms with Crippen molar-refractivity contribution in [2.75, 3.05) is 33.7 Å². The van der Waals surface area contributed by atoms with Crippen LogP contribution in [0.4, 0.5) is 0 Å². The molecule has 0 bridgehead atoms. The monoisotopic (exact) mass is 225 g/mol. The molecule has 1 heterocycles. The lowest BCUT2D eigenvalue weighted by Crippen LogP contribution is -2.37. The zero-order valence-corrected chi connectivity index (χ0v) is 10.9. The molecule has 0 aromatic heterocycles. The van der Waals surface area contributed by atoms with Crippen LogP contribution in [0, 0.1) is 5.92 Å². The molecule has 0 aromatic rings. The van der Waals surface area contributed by atoms with E-state index in [0.717, 1.165) is 12.0 Å². The van der Waals surface area contributed by atoms with Crippen LogP contribution in [-0.4, -0.2) is 55.6 Å². The van der Waals surface area contributed by atoms with Gasteiger partial charge in [0.2, 0.25) is 0 Å². The van der Waals surface area contributed by atoms with Crippen LogP contribution in [-0.2, 0) is 0 Å². The highest BCUT2D eigenvalue weighted by Gasteiger charge is 2.27. The van der Waals surface area contributed by atoms with Gasteiger partial charge in [0, 0.05) is 25.2 Å². The number of rotatable bonds is 3. The number of hydrogen-bond donors (Lipinski definition) is 1. The van der Waals surface area contributed by atoms with E-state index >= 15 is 0 Å². The van der Waals surface area contributed by atoms with Gasteiger partial charge in [-0.1, -0.05) is 6.42 Å². The van der Waals surface area contributed by atoms with Crippen molar-refractivity contribution in [1.29, 1.82) is 0 Å². The SMILES string of the molecule is CN(C)C1CCN(CC2CCCC(N)C2)C1. The molecule has 0 spiro atoms. The van der Waals surface area contributed by atoms with Gasteiger partial charge in [-0.3, -0.25) is 0 Å². The van der Waals surface area contributed by atoms with E-state index in [2.05, 4.69) is 23.9 Å². The molecule has 94 valence electrons. The van der Waals surface area contributed by atoms with E-state index in [1.54, 1.807) is 0 Å². The minimum absolute atomic E-state index is 0.478. The standard InChI is InChI=1S/C13H27N3/c1-15(2)13-6-7-16(10-13)9-11-4-3-5-12(14)8-11/h11-13H,3-10,14H2,1-2H3. The molecule has 1 aliphatic carbocycles. The quantitative estimate of drug-likeness (QED) is 0.782. The lowest BCUT2D eigenvalue weighted by Gasteiger charge is -2.30. The fourth-order valence-electron chi connectivity index (χ4n) is 3.26. The molecule has 3 heteroatoms.